The van der Waals surface area contributed by atoms with E-state index in [-0.39, 0.29) is 5.75 Å². The summed E-state index contributed by atoms with van der Waals surface area (Å²) in [6.07, 6.45) is 0. The van der Waals surface area contributed by atoms with Crippen LogP contribution in [0.3, 0.4) is 0 Å². The Morgan fingerprint density at radius 1 is 1.00 bits per heavy atom. The molecular formula is C13H12BrNOS. The van der Waals surface area contributed by atoms with Gasteiger partial charge in [0, 0.05) is 9.37 Å². The molecule has 0 aromatic heterocycles. The van der Waals surface area contributed by atoms with E-state index in [9.17, 15) is 4.21 Å². The molecule has 2 aromatic carbocycles. The highest BCUT2D eigenvalue weighted by molar-refractivity contribution is 9.10. The van der Waals surface area contributed by atoms with Gasteiger partial charge in [-0.2, -0.15) is 0 Å². The standard InChI is InChI=1S/C13H12BrNOS/c14-12-8-6-11(7-9-12)10-17(15,16)13-4-2-1-3-5-13/h1-9,15H,10H2. The first-order chi connectivity index (χ1) is 8.08. The molecule has 1 unspecified atom stereocenters. The molecule has 0 radical (unpaired) electrons. The molecule has 1 N–H and O–H groups in total. The van der Waals surface area contributed by atoms with Crippen molar-refractivity contribution in [2.75, 3.05) is 0 Å². The summed E-state index contributed by atoms with van der Waals surface area (Å²) in [6.45, 7) is 0. The number of halogens is 1. The average Bonchev–Trinajstić information content (AvgIpc) is 2.33. The van der Waals surface area contributed by atoms with Crippen LogP contribution >= 0.6 is 15.9 Å². The van der Waals surface area contributed by atoms with Gasteiger partial charge < -0.3 is 0 Å². The van der Waals surface area contributed by atoms with E-state index in [4.69, 9.17) is 4.78 Å². The normalized spacial score (nSPS) is 14.2. The van der Waals surface area contributed by atoms with Crippen LogP contribution in [0.1, 0.15) is 5.56 Å². The summed E-state index contributed by atoms with van der Waals surface area (Å²) in [4.78, 5) is 0.586. The summed E-state index contributed by atoms with van der Waals surface area (Å²) >= 11 is 3.35. The molecule has 2 rings (SSSR count). The average molecular weight is 310 g/mol. The zero-order valence-corrected chi connectivity index (χ0v) is 11.5. The minimum atomic E-state index is -2.74. The zero-order valence-electron chi connectivity index (χ0n) is 9.10. The van der Waals surface area contributed by atoms with Gasteiger partial charge in [0.1, 0.15) is 0 Å². The van der Waals surface area contributed by atoms with Crippen molar-refractivity contribution < 1.29 is 4.21 Å². The van der Waals surface area contributed by atoms with Gasteiger partial charge >= 0.3 is 0 Å². The molecule has 0 aliphatic carbocycles. The quantitative estimate of drug-likeness (QED) is 0.912. The van der Waals surface area contributed by atoms with Gasteiger partial charge in [-0.15, -0.1) is 0 Å². The first kappa shape index (κ1) is 12.3. The third-order valence-electron chi connectivity index (χ3n) is 2.41. The van der Waals surface area contributed by atoms with Crippen molar-refractivity contribution in [1.82, 2.24) is 0 Å². The van der Waals surface area contributed by atoms with Crippen LogP contribution in [0.2, 0.25) is 0 Å². The summed E-state index contributed by atoms with van der Waals surface area (Å²) in [7, 11) is -2.74. The van der Waals surface area contributed by atoms with Crippen molar-refractivity contribution in [2.45, 2.75) is 10.6 Å². The molecule has 17 heavy (non-hydrogen) atoms. The minimum absolute atomic E-state index is 0.254. The molecule has 0 aliphatic rings. The molecular weight excluding hydrogens is 298 g/mol. The lowest BCUT2D eigenvalue weighted by Gasteiger charge is -2.07. The number of hydrogen-bond acceptors (Lipinski definition) is 2. The molecule has 0 aliphatic heterocycles. The molecule has 0 spiro atoms. The highest BCUT2D eigenvalue weighted by Gasteiger charge is 2.10. The zero-order chi connectivity index (χ0) is 12.3. The van der Waals surface area contributed by atoms with Crippen LogP contribution in [-0.4, -0.2) is 4.21 Å². The van der Waals surface area contributed by atoms with Crippen molar-refractivity contribution in [3.63, 3.8) is 0 Å². The molecule has 2 aromatic rings. The molecule has 88 valence electrons. The number of nitrogens with one attached hydrogen (secondary N) is 1. The number of benzene rings is 2. The maximum atomic E-state index is 12.3. The van der Waals surface area contributed by atoms with E-state index in [1.54, 1.807) is 12.1 Å². The fourth-order valence-corrected chi connectivity index (χ4v) is 3.23. The Morgan fingerprint density at radius 2 is 1.59 bits per heavy atom. The first-order valence-electron chi connectivity index (χ1n) is 5.14. The van der Waals surface area contributed by atoms with E-state index < -0.39 is 9.73 Å². The van der Waals surface area contributed by atoms with E-state index in [2.05, 4.69) is 15.9 Å². The van der Waals surface area contributed by atoms with Gasteiger partial charge in [-0.25, -0.2) is 8.99 Å². The van der Waals surface area contributed by atoms with Gasteiger partial charge in [0.05, 0.1) is 15.5 Å². The second-order valence-corrected chi connectivity index (χ2v) is 6.79. The van der Waals surface area contributed by atoms with Crippen molar-refractivity contribution in [1.29, 1.82) is 4.78 Å². The summed E-state index contributed by atoms with van der Waals surface area (Å²) in [5.74, 6) is 0.254. The van der Waals surface area contributed by atoms with E-state index in [0.717, 1.165) is 10.0 Å². The van der Waals surface area contributed by atoms with Crippen LogP contribution in [0, 0.1) is 4.78 Å². The van der Waals surface area contributed by atoms with E-state index in [1.807, 2.05) is 42.5 Å². The van der Waals surface area contributed by atoms with Gasteiger partial charge in [0.2, 0.25) is 0 Å². The predicted molar refractivity (Wildman–Crippen MR) is 73.4 cm³/mol. The monoisotopic (exact) mass is 309 g/mol. The maximum Gasteiger partial charge on any atom is 0.0768 e. The summed E-state index contributed by atoms with van der Waals surface area (Å²) in [5, 5.41) is 0. The summed E-state index contributed by atoms with van der Waals surface area (Å²) in [5.41, 5.74) is 0.914. The van der Waals surface area contributed by atoms with Crippen LogP contribution < -0.4 is 0 Å². The molecule has 0 saturated carbocycles. The van der Waals surface area contributed by atoms with Gasteiger partial charge in [-0.3, -0.25) is 0 Å². The SMILES string of the molecule is N=S(=O)(Cc1ccc(Br)cc1)c1ccccc1. The van der Waals surface area contributed by atoms with Crippen molar-refractivity contribution >= 4 is 25.7 Å². The highest BCUT2D eigenvalue weighted by Crippen LogP contribution is 2.18. The lowest BCUT2D eigenvalue weighted by Crippen LogP contribution is -2.02. The first-order valence-corrected chi connectivity index (χ1v) is 7.66. The fraction of sp³-hybridized carbons (Fsp3) is 0.0769. The van der Waals surface area contributed by atoms with Crippen molar-refractivity contribution in [2.24, 2.45) is 0 Å². The smallest absolute Gasteiger partial charge is 0.0768 e. The van der Waals surface area contributed by atoms with Crippen molar-refractivity contribution in [3.8, 4) is 0 Å². The Kier molecular flexibility index (Phi) is 3.64. The topological polar surface area (TPSA) is 40.9 Å². The van der Waals surface area contributed by atoms with Crippen LogP contribution in [0.25, 0.3) is 0 Å². The molecule has 0 amide bonds. The second-order valence-electron chi connectivity index (χ2n) is 3.76. The van der Waals surface area contributed by atoms with E-state index in [0.29, 0.717) is 4.90 Å². The van der Waals surface area contributed by atoms with Crippen LogP contribution in [0.15, 0.2) is 64.0 Å². The molecule has 0 bridgehead atoms. The maximum absolute atomic E-state index is 12.3. The van der Waals surface area contributed by atoms with Crippen LogP contribution in [0.4, 0.5) is 0 Å². The van der Waals surface area contributed by atoms with Gasteiger partial charge in [0.25, 0.3) is 0 Å². The summed E-state index contributed by atoms with van der Waals surface area (Å²) in [6, 6.07) is 16.5. The van der Waals surface area contributed by atoms with Crippen molar-refractivity contribution in [3.05, 3.63) is 64.6 Å². The lowest BCUT2D eigenvalue weighted by atomic mass is 10.2. The predicted octanol–water partition coefficient (Wildman–Crippen LogP) is 4.05. The van der Waals surface area contributed by atoms with Gasteiger partial charge in [-0.1, -0.05) is 46.3 Å². The minimum Gasteiger partial charge on any atom is -0.249 e. The Labute approximate surface area is 110 Å². The molecule has 0 fully saturated rings. The Bertz CT molecular complexity index is 591. The molecule has 0 saturated heterocycles. The fourth-order valence-electron chi connectivity index (χ4n) is 1.54. The number of rotatable bonds is 3. The summed E-state index contributed by atoms with van der Waals surface area (Å²) < 4.78 is 21.3. The third kappa shape index (κ3) is 3.17. The van der Waals surface area contributed by atoms with Gasteiger partial charge in [-0.05, 0) is 29.8 Å². The number of hydrogen-bond donors (Lipinski definition) is 1. The van der Waals surface area contributed by atoms with E-state index >= 15 is 0 Å². The van der Waals surface area contributed by atoms with E-state index in [1.165, 1.54) is 0 Å². The molecule has 2 nitrogen and oxygen atoms in total. The second kappa shape index (κ2) is 5.02. The lowest BCUT2D eigenvalue weighted by molar-refractivity contribution is 0.674. The molecule has 4 heteroatoms. The third-order valence-corrected chi connectivity index (χ3v) is 4.71. The highest BCUT2D eigenvalue weighted by atomic mass is 79.9. The van der Waals surface area contributed by atoms with Gasteiger partial charge in [0.15, 0.2) is 0 Å². The molecule has 0 heterocycles. The van der Waals surface area contributed by atoms with Crippen LogP contribution in [-0.2, 0) is 15.5 Å². The Balaban J connectivity index is 2.27. The Morgan fingerprint density at radius 3 is 2.18 bits per heavy atom. The molecule has 1 atom stereocenters. The Hall–Kier alpha value is -1.13. The van der Waals surface area contributed by atoms with Crippen LogP contribution in [0.5, 0.6) is 0 Å². The largest absolute Gasteiger partial charge is 0.249 e.